The number of amides is 1. The third-order valence-electron chi connectivity index (χ3n) is 2.14. The van der Waals surface area contributed by atoms with E-state index in [1.54, 1.807) is 17.3 Å². The molecule has 1 amide bonds. The number of anilines is 1. The van der Waals surface area contributed by atoms with Gasteiger partial charge in [0.05, 0.1) is 0 Å². The lowest BCUT2D eigenvalue weighted by atomic mass is 10.2. The number of aromatic nitrogens is 2. The molecule has 1 aromatic rings. The number of rotatable bonds is 1. The summed E-state index contributed by atoms with van der Waals surface area (Å²) >= 11 is 0. The first kappa shape index (κ1) is 8.93. The molecule has 74 valence electrons. The third kappa shape index (κ3) is 1.99. The lowest BCUT2D eigenvalue weighted by Crippen LogP contribution is -2.41. The van der Waals surface area contributed by atoms with Crippen LogP contribution in [-0.4, -0.2) is 22.4 Å². The molecule has 5 nitrogen and oxygen atoms in total. The maximum absolute atomic E-state index is 11.3. The number of hydrazine groups is 1. The molecule has 14 heavy (non-hydrogen) atoms. The van der Waals surface area contributed by atoms with Gasteiger partial charge in [0.1, 0.15) is 12.1 Å². The Hall–Kier alpha value is -1.65. The van der Waals surface area contributed by atoms with Gasteiger partial charge in [0.15, 0.2) is 0 Å². The quantitative estimate of drug-likeness (QED) is 0.703. The summed E-state index contributed by atoms with van der Waals surface area (Å²) in [6.07, 6.45) is 5.68. The van der Waals surface area contributed by atoms with Crippen LogP contribution in [-0.2, 0) is 4.79 Å². The zero-order valence-electron chi connectivity index (χ0n) is 7.81. The molecule has 1 N–H and O–H groups in total. The van der Waals surface area contributed by atoms with Crippen LogP contribution in [0.4, 0.5) is 5.82 Å². The topological polar surface area (TPSA) is 58.1 Å². The Bertz CT molecular complexity index is 314. The van der Waals surface area contributed by atoms with Crippen LogP contribution in [0.3, 0.4) is 0 Å². The summed E-state index contributed by atoms with van der Waals surface area (Å²) in [5.74, 6) is 0.802. The lowest BCUT2D eigenvalue weighted by molar-refractivity contribution is -0.121. The molecule has 0 atom stereocenters. The van der Waals surface area contributed by atoms with E-state index >= 15 is 0 Å². The number of nitrogens with zero attached hydrogens (tertiary/aromatic N) is 3. The minimum atomic E-state index is 0.0566. The summed E-state index contributed by atoms with van der Waals surface area (Å²) in [4.78, 5) is 19.2. The van der Waals surface area contributed by atoms with Gasteiger partial charge in [0.2, 0.25) is 5.91 Å². The van der Waals surface area contributed by atoms with Gasteiger partial charge in [0.25, 0.3) is 0 Å². The van der Waals surface area contributed by atoms with Crippen molar-refractivity contribution in [3.05, 3.63) is 18.6 Å². The summed E-state index contributed by atoms with van der Waals surface area (Å²) in [7, 11) is 0. The summed E-state index contributed by atoms with van der Waals surface area (Å²) in [6, 6.07) is 1.78. The van der Waals surface area contributed by atoms with Crippen LogP contribution in [0, 0.1) is 0 Å². The van der Waals surface area contributed by atoms with Gasteiger partial charge in [0, 0.05) is 25.2 Å². The van der Waals surface area contributed by atoms with Crippen molar-refractivity contribution in [3.63, 3.8) is 0 Å². The molecule has 0 saturated carbocycles. The van der Waals surface area contributed by atoms with Gasteiger partial charge in [-0.3, -0.25) is 15.2 Å². The minimum absolute atomic E-state index is 0.0566. The first-order valence-electron chi connectivity index (χ1n) is 4.69. The molecule has 2 heterocycles. The average Bonchev–Trinajstić information content (AvgIpc) is 2.44. The number of carbonyl (C=O) groups excluding carboxylic acids is 1. The van der Waals surface area contributed by atoms with Gasteiger partial charge >= 0.3 is 0 Å². The predicted octanol–water partition coefficient (Wildman–Crippen LogP) is 0.498. The zero-order chi connectivity index (χ0) is 9.80. The predicted molar refractivity (Wildman–Crippen MR) is 51.4 cm³/mol. The number of hydrogen-bond donors (Lipinski definition) is 1. The minimum Gasteiger partial charge on any atom is -0.273 e. The van der Waals surface area contributed by atoms with Crippen molar-refractivity contribution in [2.24, 2.45) is 0 Å². The second kappa shape index (κ2) is 4.04. The highest BCUT2D eigenvalue weighted by molar-refractivity contribution is 5.77. The molecule has 0 bridgehead atoms. The summed E-state index contributed by atoms with van der Waals surface area (Å²) in [6.45, 7) is 0.808. The molecule has 1 aliphatic rings. The Morgan fingerprint density at radius 3 is 3.14 bits per heavy atom. The normalized spacial score (nSPS) is 17.4. The van der Waals surface area contributed by atoms with Crippen molar-refractivity contribution in [1.82, 2.24) is 15.4 Å². The molecule has 2 rings (SSSR count). The first-order valence-corrected chi connectivity index (χ1v) is 4.69. The molecular weight excluding hydrogens is 180 g/mol. The molecule has 1 aromatic heterocycles. The van der Waals surface area contributed by atoms with E-state index in [1.165, 1.54) is 6.33 Å². The van der Waals surface area contributed by atoms with Crippen LogP contribution in [0.1, 0.15) is 19.3 Å². The Kier molecular flexibility index (Phi) is 2.58. The van der Waals surface area contributed by atoms with Crippen molar-refractivity contribution in [2.45, 2.75) is 19.3 Å². The summed E-state index contributed by atoms with van der Waals surface area (Å²) in [5, 5.41) is 1.77. The Labute approximate surface area is 82.1 Å². The number of hydrogen-bond acceptors (Lipinski definition) is 4. The number of carbonyl (C=O) groups is 1. The molecule has 1 saturated heterocycles. The summed E-state index contributed by atoms with van der Waals surface area (Å²) in [5.41, 5.74) is 2.80. The second-order valence-electron chi connectivity index (χ2n) is 3.21. The molecule has 5 heteroatoms. The maximum Gasteiger partial charge on any atom is 0.238 e. The van der Waals surface area contributed by atoms with Crippen LogP contribution >= 0.6 is 0 Å². The van der Waals surface area contributed by atoms with E-state index in [2.05, 4.69) is 15.4 Å². The van der Waals surface area contributed by atoms with Crippen molar-refractivity contribution >= 4 is 11.7 Å². The fourth-order valence-corrected chi connectivity index (χ4v) is 1.43. The first-order chi connectivity index (χ1) is 6.86. The number of nitrogens with one attached hydrogen (secondary N) is 1. The highest BCUT2D eigenvalue weighted by atomic mass is 16.2. The van der Waals surface area contributed by atoms with Crippen LogP contribution in [0.5, 0.6) is 0 Å². The third-order valence-corrected chi connectivity index (χ3v) is 2.14. The molecule has 0 radical (unpaired) electrons. The van der Waals surface area contributed by atoms with Gasteiger partial charge in [-0.25, -0.2) is 9.97 Å². The lowest BCUT2D eigenvalue weighted by Gasteiger charge is -2.21. The molecule has 0 spiro atoms. The van der Waals surface area contributed by atoms with Crippen LogP contribution in [0.2, 0.25) is 0 Å². The van der Waals surface area contributed by atoms with Gasteiger partial charge < -0.3 is 0 Å². The standard InChI is InChI=1S/C9H12N4O/c14-9-3-1-2-6-13(12-9)8-4-5-10-7-11-8/h4-5,7H,1-3,6H2,(H,12,14). The van der Waals surface area contributed by atoms with Gasteiger partial charge in [-0.2, -0.15) is 0 Å². The Balaban J connectivity index is 2.13. The van der Waals surface area contributed by atoms with E-state index < -0.39 is 0 Å². The zero-order valence-corrected chi connectivity index (χ0v) is 7.81. The highest BCUT2D eigenvalue weighted by Gasteiger charge is 2.14. The van der Waals surface area contributed by atoms with E-state index in [0.29, 0.717) is 6.42 Å². The van der Waals surface area contributed by atoms with E-state index in [-0.39, 0.29) is 5.91 Å². The van der Waals surface area contributed by atoms with Gasteiger partial charge in [-0.1, -0.05) is 0 Å². The average molecular weight is 192 g/mol. The molecule has 1 aliphatic heterocycles. The van der Waals surface area contributed by atoms with E-state index in [9.17, 15) is 4.79 Å². The van der Waals surface area contributed by atoms with Gasteiger partial charge in [-0.05, 0) is 12.8 Å². The van der Waals surface area contributed by atoms with E-state index in [4.69, 9.17) is 0 Å². The van der Waals surface area contributed by atoms with Crippen LogP contribution in [0.25, 0.3) is 0 Å². The molecular formula is C9H12N4O. The van der Waals surface area contributed by atoms with E-state index in [0.717, 1.165) is 25.2 Å². The molecule has 0 aliphatic carbocycles. The fourth-order valence-electron chi connectivity index (χ4n) is 1.43. The van der Waals surface area contributed by atoms with Crippen LogP contribution < -0.4 is 10.4 Å². The van der Waals surface area contributed by atoms with Crippen LogP contribution in [0.15, 0.2) is 18.6 Å². The van der Waals surface area contributed by atoms with Crippen molar-refractivity contribution < 1.29 is 4.79 Å². The van der Waals surface area contributed by atoms with E-state index in [1.807, 2.05) is 0 Å². The van der Waals surface area contributed by atoms with Crippen molar-refractivity contribution in [1.29, 1.82) is 0 Å². The molecule has 0 unspecified atom stereocenters. The van der Waals surface area contributed by atoms with Crippen molar-refractivity contribution in [3.8, 4) is 0 Å². The SMILES string of the molecule is O=C1CCCCN(c2ccncn2)N1. The smallest absolute Gasteiger partial charge is 0.238 e. The molecule has 1 fully saturated rings. The largest absolute Gasteiger partial charge is 0.273 e. The monoisotopic (exact) mass is 192 g/mol. The highest BCUT2D eigenvalue weighted by Crippen LogP contribution is 2.10. The Morgan fingerprint density at radius 2 is 2.36 bits per heavy atom. The molecule has 0 aromatic carbocycles. The Morgan fingerprint density at radius 1 is 1.43 bits per heavy atom. The van der Waals surface area contributed by atoms with Gasteiger partial charge in [-0.15, -0.1) is 0 Å². The van der Waals surface area contributed by atoms with Crippen molar-refractivity contribution in [2.75, 3.05) is 11.6 Å². The second-order valence-corrected chi connectivity index (χ2v) is 3.21. The fraction of sp³-hybridized carbons (Fsp3) is 0.444. The summed E-state index contributed by atoms with van der Waals surface area (Å²) < 4.78 is 0. The maximum atomic E-state index is 11.3.